The van der Waals surface area contributed by atoms with Gasteiger partial charge in [0.1, 0.15) is 5.76 Å². The monoisotopic (exact) mass is 196 g/mol. The summed E-state index contributed by atoms with van der Waals surface area (Å²) in [7, 11) is 0. The third kappa shape index (κ3) is 1.97. The van der Waals surface area contributed by atoms with Crippen molar-refractivity contribution in [3.8, 4) is 0 Å². The van der Waals surface area contributed by atoms with Crippen LogP contribution in [0, 0.1) is 0 Å². The standard InChI is InChI=1S/C10H12O2S/c11-6-9-3-4-10(12-9)8-2-1-5-13-7-8/h3-4,6,8H,1-2,5,7H2. The maximum Gasteiger partial charge on any atom is 0.185 e. The van der Waals surface area contributed by atoms with Gasteiger partial charge >= 0.3 is 0 Å². The van der Waals surface area contributed by atoms with E-state index in [1.807, 2.05) is 17.8 Å². The van der Waals surface area contributed by atoms with Crippen LogP contribution >= 0.6 is 11.8 Å². The Hall–Kier alpha value is -0.700. The molecule has 13 heavy (non-hydrogen) atoms. The summed E-state index contributed by atoms with van der Waals surface area (Å²) in [5, 5.41) is 0. The zero-order valence-electron chi connectivity index (χ0n) is 7.36. The highest BCUT2D eigenvalue weighted by atomic mass is 32.2. The summed E-state index contributed by atoms with van der Waals surface area (Å²) in [6.07, 6.45) is 3.21. The third-order valence-corrected chi connectivity index (χ3v) is 3.54. The summed E-state index contributed by atoms with van der Waals surface area (Å²) in [6, 6.07) is 3.68. The maximum absolute atomic E-state index is 10.4. The number of aldehydes is 1. The van der Waals surface area contributed by atoms with Gasteiger partial charge in [-0.25, -0.2) is 0 Å². The van der Waals surface area contributed by atoms with E-state index in [0.717, 1.165) is 17.8 Å². The van der Waals surface area contributed by atoms with Gasteiger partial charge in [-0.05, 0) is 30.7 Å². The largest absolute Gasteiger partial charge is 0.458 e. The highest BCUT2D eigenvalue weighted by molar-refractivity contribution is 7.99. The Kier molecular flexibility index (Phi) is 2.74. The van der Waals surface area contributed by atoms with Crippen molar-refractivity contribution < 1.29 is 9.21 Å². The second kappa shape index (κ2) is 4.01. The predicted molar refractivity (Wildman–Crippen MR) is 53.4 cm³/mol. The van der Waals surface area contributed by atoms with E-state index in [2.05, 4.69) is 0 Å². The lowest BCUT2D eigenvalue weighted by molar-refractivity contribution is 0.109. The van der Waals surface area contributed by atoms with E-state index in [4.69, 9.17) is 4.42 Å². The maximum atomic E-state index is 10.4. The van der Waals surface area contributed by atoms with Crippen LogP contribution in [-0.4, -0.2) is 17.8 Å². The van der Waals surface area contributed by atoms with Gasteiger partial charge in [0.2, 0.25) is 0 Å². The minimum absolute atomic E-state index is 0.450. The molecular weight excluding hydrogens is 184 g/mol. The van der Waals surface area contributed by atoms with Crippen molar-refractivity contribution in [3.63, 3.8) is 0 Å². The fraction of sp³-hybridized carbons (Fsp3) is 0.500. The van der Waals surface area contributed by atoms with E-state index in [-0.39, 0.29) is 0 Å². The van der Waals surface area contributed by atoms with E-state index in [9.17, 15) is 4.79 Å². The Morgan fingerprint density at radius 3 is 3.08 bits per heavy atom. The summed E-state index contributed by atoms with van der Waals surface area (Å²) in [6.45, 7) is 0. The fourth-order valence-electron chi connectivity index (χ4n) is 1.62. The first-order chi connectivity index (χ1) is 6.40. The van der Waals surface area contributed by atoms with Gasteiger partial charge < -0.3 is 4.42 Å². The zero-order valence-corrected chi connectivity index (χ0v) is 8.18. The van der Waals surface area contributed by atoms with Gasteiger partial charge in [-0.1, -0.05) is 0 Å². The number of thioether (sulfide) groups is 1. The van der Waals surface area contributed by atoms with E-state index >= 15 is 0 Å². The molecule has 1 aromatic rings. The van der Waals surface area contributed by atoms with Crippen LogP contribution in [0.2, 0.25) is 0 Å². The Morgan fingerprint density at radius 2 is 2.46 bits per heavy atom. The average molecular weight is 196 g/mol. The predicted octanol–water partition coefficient (Wildman–Crippen LogP) is 2.70. The second-order valence-electron chi connectivity index (χ2n) is 3.27. The number of carbonyl (C=O) groups is 1. The van der Waals surface area contributed by atoms with Crippen LogP contribution in [0.4, 0.5) is 0 Å². The van der Waals surface area contributed by atoms with Crippen molar-refractivity contribution in [1.82, 2.24) is 0 Å². The van der Waals surface area contributed by atoms with Crippen molar-refractivity contribution >= 4 is 18.0 Å². The molecule has 1 unspecified atom stereocenters. The number of hydrogen-bond acceptors (Lipinski definition) is 3. The van der Waals surface area contributed by atoms with Crippen LogP contribution in [0.5, 0.6) is 0 Å². The van der Waals surface area contributed by atoms with Crippen molar-refractivity contribution in [2.75, 3.05) is 11.5 Å². The molecule has 1 atom stereocenters. The van der Waals surface area contributed by atoms with Crippen molar-refractivity contribution in [3.05, 3.63) is 23.7 Å². The van der Waals surface area contributed by atoms with Gasteiger partial charge in [-0.15, -0.1) is 0 Å². The topological polar surface area (TPSA) is 30.2 Å². The van der Waals surface area contributed by atoms with E-state index in [1.165, 1.54) is 18.6 Å². The quantitative estimate of drug-likeness (QED) is 0.681. The molecule has 1 fully saturated rings. The number of rotatable bonds is 2. The Balaban J connectivity index is 2.09. The first-order valence-electron chi connectivity index (χ1n) is 4.53. The van der Waals surface area contributed by atoms with Gasteiger partial charge in [-0.2, -0.15) is 11.8 Å². The minimum atomic E-state index is 0.450. The molecule has 0 radical (unpaired) electrons. The van der Waals surface area contributed by atoms with E-state index in [0.29, 0.717) is 11.7 Å². The van der Waals surface area contributed by atoms with Crippen molar-refractivity contribution in [1.29, 1.82) is 0 Å². The molecule has 2 nitrogen and oxygen atoms in total. The molecule has 0 bridgehead atoms. The molecule has 2 heterocycles. The highest BCUT2D eigenvalue weighted by Crippen LogP contribution is 2.31. The van der Waals surface area contributed by atoms with Gasteiger partial charge in [0.25, 0.3) is 0 Å². The molecule has 3 heteroatoms. The number of furan rings is 1. The van der Waals surface area contributed by atoms with Crippen LogP contribution in [0.1, 0.15) is 35.1 Å². The number of hydrogen-bond donors (Lipinski definition) is 0. The first-order valence-corrected chi connectivity index (χ1v) is 5.68. The van der Waals surface area contributed by atoms with Gasteiger partial charge in [-0.3, -0.25) is 4.79 Å². The summed E-state index contributed by atoms with van der Waals surface area (Å²) in [5.41, 5.74) is 0. The normalized spacial score (nSPS) is 22.9. The lowest BCUT2D eigenvalue weighted by atomic mass is 10.0. The third-order valence-electron chi connectivity index (χ3n) is 2.33. The van der Waals surface area contributed by atoms with Gasteiger partial charge in [0.05, 0.1) is 0 Å². The second-order valence-corrected chi connectivity index (χ2v) is 4.42. The van der Waals surface area contributed by atoms with Crippen molar-refractivity contribution in [2.45, 2.75) is 18.8 Å². The van der Waals surface area contributed by atoms with E-state index in [1.54, 1.807) is 6.07 Å². The molecule has 2 rings (SSSR count). The van der Waals surface area contributed by atoms with Crippen LogP contribution in [0.3, 0.4) is 0 Å². The Bertz CT molecular complexity index is 287. The smallest absolute Gasteiger partial charge is 0.185 e. The minimum Gasteiger partial charge on any atom is -0.458 e. The van der Waals surface area contributed by atoms with Gasteiger partial charge in [0.15, 0.2) is 12.0 Å². The molecule has 70 valence electrons. The molecule has 0 aromatic carbocycles. The molecule has 0 aliphatic carbocycles. The van der Waals surface area contributed by atoms with E-state index < -0.39 is 0 Å². The molecule has 1 aromatic heterocycles. The lowest BCUT2D eigenvalue weighted by Crippen LogP contribution is -2.07. The molecule has 1 aliphatic heterocycles. The molecule has 1 aliphatic rings. The van der Waals surface area contributed by atoms with Crippen LogP contribution < -0.4 is 0 Å². The highest BCUT2D eigenvalue weighted by Gasteiger charge is 2.18. The molecule has 1 saturated heterocycles. The SMILES string of the molecule is O=Cc1ccc(C2CCCSC2)o1. The Morgan fingerprint density at radius 1 is 1.54 bits per heavy atom. The average Bonchev–Trinajstić information content (AvgIpc) is 2.67. The first kappa shape index (κ1) is 8.88. The number of carbonyl (C=O) groups excluding carboxylic acids is 1. The van der Waals surface area contributed by atoms with Crippen LogP contribution in [0.15, 0.2) is 16.5 Å². The molecular formula is C10H12O2S. The zero-order chi connectivity index (χ0) is 9.10. The molecule has 0 N–H and O–H groups in total. The van der Waals surface area contributed by atoms with Crippen molar-refractivity contribution in [2.24, 2.45) is 0 Å². The summed E-state index contributed by atoms with van der Waals surface area (Å²) in [4.78, 5) is 10.4. The van der Waals surface area contributed by atoms with Crippen LogP contribution in [0.25, 0.3) is 0 Å². The summed E-state index contributed by atoms with van der Waals surface area (Å²) >= 11 is 1.97. The fourth-order valence-corrected chi connectivity index (χ4v) is 2.77. The molecule has 0 amide bonds. The van der Waals surface area contributed by atoms with Gasteiger partial charge in [0, 0.05) is 11.7 Å². The summed E-state index contributed by atoms with van der Waals surface area (Å²) < 4.78 is 5.39. The molecule has 0 spiro atoms. The Labute approximate surface area is 81.7 Å². The molecule has 0 saturated carbocycles. The van der Waals surface area contributed by atoms with Crippen LogP contribution in [-0.2, 0) is 0 Å². The summed E-state index contributed by atoms with van der Waals surface area (Å²) in [5.74, 6) is 4.34. The lowest BCUT2D eigenvalue weighted by Gasteiger charge is -2.18.